The number of hydrogen-bond donors (Lipinski definition) is 0. The number of ether oxygens (including phenoxy) is 2. The van der Waals surface area contributed by atoms with Crippen LogP contribution in [0.25, 0.3) is 0 Å². The summed E-state index contributed by atoms with van der Waals surface area (Å²) in [4.78, 5) is 11.7. The fraction of sp³-hybridized carbons (Fsp3) is 0.682. The van der Waals surface area contributed by atoms with E-state index in [4.69, 9.17) is 20.3 Å². The normalized spacial score (nSPS) is 16.9. The first-order valence-corrected chi connectivity index (χ1v) is 12.3. The lowest BCUT2D eigenvalue weighted by Crippen LogP contribution is -2.47. The van der Waals surface area contributed by atoms with E-state index in [0.29, 0.717) is 6.42 Å². The van der Waals surface area contributed by atoms with E-state index in [2.05, 4.69) is 59.7 Å². The van der Waals surface area contributed by atoms with E-state index in [-0.39, 0.29) is 28.7 Å². The molecule has 0 aromatic heterocycles. The lowest BCUT2D eigenvalue weighted by atomic mass is 9.90. The van der Waals surface area contributed by atoms with Gasteiger partial charge in [0.25, 0.3) is 0 Å². The van der Waals surface area contributed by atoms with Gasteiger partial charge in [0.15, 0.2) is 8.32 Å². The quantitative estimate of drug-likeness (QED) is 0.133. The third kappa shape index (κ3) is 7.94. The molecule has 0 bridgehead atoms. The van der Waals surface area contributed by atoms with Gasteiger partial charge in [0.2, 0.25) is 5.76 Å². The van der Waals surface area contributed by atoms with Crippen LogP contribution in [-0.4, -0.2) is 34.6 Å². The van der Waals surface area contributed by atoms with Crippen molar-refractivity contribution in [3.8, 4) is 12.3 Å². The highest BCUT2D eigenvalue weighted by atomic mass is 28.4. The molecule has 0 fully saturated rings. The van der Waals surface area contributed by atoms with E-state index in [1.54, 1.807) is 6.08 Å². The van der Waals surface area contributed by atoms with Gasteiger partial charge < -0.3 is 13.9 Å². The first kappa shape index (κ1) is 25.5. The van der Waals surface area contributed by atoms with Gasteiger partial charge in [0, 0.05) is 6.42 Å². The second-order valence-electron chi connectivity index (χ2n) is 8.70. The third-order valence-electron chi connectivity index (χ3n) is 5.25. The second kappa shape index (κ2) is 10.7. The fourth-order valence-corrected chi connectivity index (χ4v) is 4.11. The molecule has 0 rings (SSSR count). The van der Waals surface area contributed by atoms with Crippen molar-refractivity contribution in [3.05, 3.63) is 23.5 Å². The minimum Gasteiger partial charge on any atom is -0.490 e. The molecule has 0 aliphatic rings. The zero-order valence-corrected chi connectivity index (χ0v) is 19.8. The molecule has 3 atom stereocenters. The Balaban J connectivity index is 5.71. The molecule has 0 saturated heterocycles. The van der Waals surface area contributed by atoms with Gasteiger partial charge in [-0.15, -0.1) is 12.3 Å². The summed E-state index contributed by atoms with van der Waals surface area (Å²) in [6.45, 7) is 17.4. The first-order chi connectivity index (χ1) is 12.3. The van der Waals surface area contributed by atoms with Crippen LogP contribution in [0, 0.1) is 24.2 Å². The van der Waals surface area contributed by atoms with Gasteiger partial charge in [0.05, 0.1) is 20.3 Å². The molecular weight excluding hydrogens is 356 g/mol. The van der Waals surface area contributed by atoms with Gasteiger partial charge in [-0.2, -0.15) is 0 Å². The van der Waals surface area contributed by atoms with Crippen LogP contribution < -0.4 is 0 Å². The highest BCUT2D eigenvalue weighted by Crippen LogP contribution is 2.39. The van der Waals surface area contributed by atoms with Gasteiger partial charge in [0.1, 0.15) is 0 Å². The van der Waals surface area contributed by atoms with E-state index in [1.807, 2.05) is 6.92 Å². The molecule has 0 N–H and O–H groups in total. The zero-order chi connectivity index (χ0) is 21.4. The molecule has 0 unspecified atom stereocenters. The van der Waals surface area contributed by atoms with Gasteiger partial charge in [-0.1, -0.05) is 46.3 Å². The Bertz CT molecular complexity index is 590. The lowest BCUT2D eigenvalue weighted by Gasteiger charge is -2.42. The number of allylic oxidation sites excluding steroid dienone is 2. The number of hydrogen-bond acceptors (Lipinski definition) is 4. The molecule has 4 nitrogen and oxygen atoms in total. The van der Waals surface area contributed by atoms with Crippen molar-refractivity contribution >= 4 is 14.3 Å². The fourth-order valence-electron chi connectivity index (χ4n) is 2.63. The number of terminal acetylenes is 1. The van der Waals surface area contributed by atoms with Gasteiger partial charge in [-0.25, -0.2) is 4.79 Å². The Morgan fingerprint density at radius 2 is 1.74 bits per heavy atom. The molecular formula is C22H38O4Si. The predicted octanol–water partition coefficient (Wildman–Crippen LogP) is 5.32. The van der Waals surface area contributed by atoms with Crippen molar-refractivity contribution in [1.82, 2.24) is 0 Å². The number of esters is 1. The topological polar surface area (TPSA) is 44.8 Å². The molecule has 0 heterocycles. The summed E-state index contributed by atoms with van der Waals surface area (Å²) in [5.74, 6) is 2.82. The largest absolute Gasteiger partial charge is 0.490 e. The second-order valence-corrected chi connectivity index (χ2v) is 13.5. The number of methoxy groups -OCH3 is 2. The molecule has 0 saturated carbocycles. The molecule has 0 aromatic carbocycles. The average molecular weight is 395 g/mol. The van der Waals surface area contributed by atoms with Gasteiger partial charge >= 0.3 is 5.97 Å². The summed E-state index contributed by atoms with van der Waals surface area (Å²) in [5, 5.41) is 0.119. The highest BCUT2D eigenvalue weighted by Gasteiger charge is 2.41. The van der Waals surface area contributed by atoms with E-state index in [0.717, 1.165) is 5.57 Å². The Hall–Kier alpha value is -1.51. The van der Waals surface area contributed by atoms with Crippen molar-refractivity contribution in [2.24, 2.45) is 11.8 Å². The monoisotopic (exact) mass is 394 g/mol. The predicted molar refractivity (Wildman–Crippen MR) is 115 cm³/mol. The van der Waals surface area contributed by atoms with E-state index < -0.39 is 14.3 Å². The first-order valence-electron chi connectivity index (χ1n) is 9.44. The van der Waals surface area contributed by atoms with Crippen LogP contribution in [-0.2, 0) is 18.7 Å². The number of carbonyl (C=O) groups is 1. The van der Waals surface area contributed by atoms with Crippen LogP contribution in [0.5, 0.6) is 0 Å². The van der Waals surface area contributed by atoms with Crippen molar-refractivity contribution < 1.29 is 18.7 Å². The summed E-state index contributed by atoms with van der Waals surface area (Å²) < 4.78 is 16.6. The van der Waals surface area contributed by atoms with Crippen LogP contribution in [0.3, 0.4) is 0 Å². The van der Waals surface area contributed by atoms with Gasteiger partial charge in [-0.3, -0.25) is 0 Å². The van der Waals surface area contributed by atoms with Crippen molar-refractivity contribution in [3.63, 3.8) is 0 Å². The smallest absolute Gasteiger partial charge is 0.373 e. The Kier molecular flexibility index (Phi) is 10.1. The SMILES string of the molecule is C#CC[C@H](C)[C@H](O[Si](C)(C)C(C)(C)C)[C@H](C)/C=C(C)/C=C(\OC)C(=O)OC. The standard InChI is InChI=1S/C22H38O4Si/c1-12-13-17(3)20(26-27(10,11)22(5,6)7)18(4)14-16(2)15-19(24-8)21(23)25-9/h1,14-15,17-18,20H,13H2,2-11H3/b16-14+,19-15-/t17-,18+,20-/m0/s1. The van der Waals surface area contributed by atoms with E-state index >= 15 is 0 Å². The zero-order valence-electron chi connectivity index (χ0n) is 18.8. The molecule has 5 heteroatoms. The molecule has 0 aliphatic carbocycles. The van der Waals surface area contributed by atoms with Crippen molar-refractivity contribution in [2.75, 3.05) is 14.2 Å². The maximum absolute atomic E-state index is 11.7. The lowest BCUT2D eigenvalue weighted by molar-refractivity contribution is -0.139. The molecule has 0 aromatic rings. The maximum atomic E-state index is 11.7. The minimum atomic E-state index is -1.95. The van der Waals surface area contributed by atoms with Gasteiger partial charge in [-0.05, 0) is 43.0 Å². The van der Waals surface area contributed by atoms with Crippen molar-refractivity contribution in [1.29, 1.82) is 0 Å². The third-order valence-corrected chi connectivity index (χ3v) is 9.72. The van der Waals surface area contributed by atoms with Crippen LogP contribution >= 0.6 is 0 Å². The molecule has 0 radical (unpaired) electrons. The summed E-state index contributed by atoms with van der Waals surface area (Å²) in [5.41, 5.74) is 0.918. The average Bonchev–Trinajstić information content (AvgIpc) is 2.55. The van der Waals surface area contributed by atoms with Crippen LogP contribution in [0.15, 0.2) is 23.5 Å². The van der Waals surface area contributed by atoms with Crippen molar-refractivity contribution in [2.45, 2.75) is 72.2 Å². The maximum Gasteiger partial charge on any atom is 0.373 e. The molecule has 27 heavy (non-hydrogen) atoms. The molecule has 0 spiro atoms. The number of carbonyl (C=O) groups excluding carboxylic acids is 1. The summed E-state index contributed by atoms with van der Waals surface area (Å²) in [6, 6.07) is 0. The molecule has 0 amide bonds. The molecule has 0 aliphatic heterocycles. The van der Waals surface area contributed by atoms with E-state index in [1.165, 1.54) is 14.2 Å². The van der Waals surface area contributed by atoms with Crippen LogP contribution in [0.1, 0.15) is 48.0 Å². The Labute approximate surface area is 167 Å². The molecule has 154 valence electrons. The summed E-state index contributed by atoms with van der Waals surface area (Å²) in [6.07, 6.45) is 10.0. The summed E-state index contributed by atoms with van der Waals surface area (Å²) in [7, 11) is 0.843. The summed E-state index contributed by atoms with van der Waals surface area (Å²) >= 11 is 0. The van der Waals surface area contributed by atoms with E-state index in [9.17, 15) is 4.79 Å². The minimum absolute atomic E-state index is 0.00872. The highest BCUT2D eigenvalue weighted by molar-refractivity contribution is 6.74. The Morgan fingerprint density at radius 1 is 1.19 bits per heavy atom. The Morgan fingerprint density at radius 3 is 2.15 bits per heavy atom. The number of rotatable bonds is 9. The van der Waals surface area contributed by atoms with Crippen LogP contribution in [0.4, 0.5) is 0 Å². The van der Waals surface area contributed by atoms with Crippen LogP contribution in [0.2, 0.25) is 18.1 Å².